The number of hydrogen-bond donors (Lipinski definition) is 2. The molecular weight excluding hydrogens is 311 g/mol. The molecule has 0 aromatic heterocycles. The van der Waals surface area contributed by atoms with Gasteiger partial charge >= 0.3 is 0 Å². The average Bonchev–Trinajstić information content (AvgIpc) is 2.61. The summed E-state index contributed by atoms with van der Waals surface area (Å²) in [5.74, 6) is 2.89. The lowest BCUT2D eigenvalue weighted by Gasteiger charge is -2.11. The third-order valence-corrected chi connectivity index (χ3v) is 3.55. The quantitative estimate of drug-likeness (QED) is 0.486. The lowest BCUT2D eigenvalue weighted by atomic mass is 9.83. The maximum Gasteiger partial charge on any atom is 0.141 e. The number of nitrogens with two attached hydrogens (primary N) is 1. The van der Waals surface area contributed by atoms with Crippen LogP contribution in [0.25, 0.3) is 0 Å². The minimum atomic E-state index is 0.668. The Morgan fingerprint density at radius 2 is 1.36 bits per heavy atom. The van der Waals surface area contributed by atoms with Crippen LogP contribution in [0.5, 0.6) is 23.0 Å². The van der Waals surface area contributed by atoms with Gasteiger partial charge in [-0.25, -0.2) is 0 Å². The van der Waals surface area contributed by atoms with Crippen molar-refractivity contribution < 1.29 is 9.47 Å². The van der Waals surface area contributed by atoms with Gasteiger partial charge in [0.1, 0.15) is 30.3 Å². The van der Waals surface area contributed by atoms with Crippen molar-refractivity contribution in [1.82, 2.24) is 0 Å². The Hall–Kier alpha value is -3.08. The third-order valence-electron chi connectivity index (χ3n) is 3.55. The molecule has 0 atom stereocenters. The first-order valence-electron chi connectivity index (χ1n) is 8.38. The minimum Gasteiger partial charge on any atom is -0.457 e. The van der Waals surface area contributed by atoms with E-state index in [0.717, 1.165) is 25.2 Å². The predicted molar refractivity (Wildman–Crippen MR) is 105 cm³/mol. The van der Waals surface area contributed by atoms with E-state index in [1.165, 1.54) is 0 Å². The smallest absolute Gasteiger partial charge is 0.141 e. The Morgan fingerprint density at radius 3 is 2.00 bits per heavy atom. The summed E-state index contributed by atoms with van der Waals surface area (Å²) in [5, 5.41) is 3.35. The molecule has 0 aliphatic heterocycles. The largest absolute Gasteiger partial charge is 0.457 e. The lowest BCUT2D eigenvalue weighted by molar-refractivity contribution is 0.460. The summed E-state index contributed by atoms with van der Waals surface area (Å²) in [7, 11) is 1.08. The van der Waals surface area contributed by atoms with E-state index in [1.807, 2.05) is 66.7 Å². The molecule has 0 fully saturated rings. The number of hydrogen-bond acceptors (Lipinski definition) is 4. The molecule has 3 aromatic carbocycles. The molecule has 3 N–H and O–H groups in total. The highest BCUT2D eigenvalue weighted by atomic mass is 16.5. The van der Waals surface area contributed by atoms with Crippen LogP contribution >= 0.6 is 0 Å². The topological polar surface area (TPSA) is 56.5 Å². The van der Waals surface area contributed by atoms with Crippen LogP contribution < -0.4 is 20.5 Å². The molecule has 0 saturated heterocycles. The zero-order chi connectivity index (χ0) is 17.5. The standard InChI is InChI=1S/C20H21BN2O2/c1-21-14-23-16-6-3-8-18(12-16)25-20-10-4-9-19(13-20)24-17-7-2-5-15(22)11-17/h2-13,21,23H,14,22H2,1H3. The molecule has 0 heterocycles. The molecule has 0 spiro atoms. The normalized spacial score (nSPS) is 10.1. The molecule has 5 heteroatoms. The first kappa shape index (κ1) is 16.8. The maximum atomic E-state index is 5.96. The second-order valence-electron chi connectivity index (χ2n) is 5.71. The average molecular weight is 332 g/mol. The summed E-state index contributed by atoms with van der Waals surface area (Å²) in [4.78, 5) is 0. The number of rotatable bonds is 7. The van der Waals surface area contributed by atoms with E-state index in [9.17, 15) is 0 Å². The van der Waals surface area contributed by atoms with Crippen LogP contribution in [0.4, 0.5) is 11.4 Å². The van der Waals surface area contributed by atoms with Crippen molar-refractivity contribution in [2.45, 2.75) is 6.82 Å². The number of anilines is 2. The van der Waals surface area contributed by atoms with E-state index in [2.05, 4.69) is 12.1 Å². The van der Waals surface area contributed by atoms with Crippen molar-refractivity contribution in [1.29, 1.82) is 0 Å². The second kappa shape index (κ2) is 8.15. The van der Waals surface area contributed by atoms with Gasteiger partial charge in [0.05, 0.1) is 0 Å². The van der Waals surface area contributed by atoms with Gasteiger partial charge < -0.3 is 20.5 Å². The molecule has 126 valence electrons. The Kier molecular flexibility index (Phi) is 5.47. The van der Waals surface area contributed by atoms with Gasteiger partial charge in [-0.05, 0) is 42.8 Å². The van der Waals surface area contributed by atoms with Crippen LogP contribution in [-0.4, -0.2) is 13.7 Å². The molecule has 0 amide bonds. The molecule has 0 saturated carbocycles. The fourth-order valence-corrected chi connectivity index (χ4v) is 2.39. The van der Waals surface area contributed by atoms with E-state index >= 15 is 0 Å². The zero-order valence-corrected chi connectivity index (χ0v) is 14.2. The number of nitrogen functional groups attached to an aromatic ring is 1. The second-order valence-corrected chi connectivity index (χ2v) is 5.71. The first-order chi connectivity index (χ1) is 12.2. The van der Waals surface area contributed by atoms with Gasteiger partial charge in [-0.15, -0.1) is 0 Å². The highest BCUT2D eigenvalue weighted by Gasteiger charge is 2.03. The minimum absolute atomic E-state index is 0.668. The maximum absolute atomic E-state index is 5.96. The molecule has 4 nitrogen and oxygen atoms in total. The third kappa shape index (κ3) is 4.95. The molecular formula is C20H21BN2O2. The van der Waals surface area contributed by atoms with E-state index < -0.39 is 0 Å². The van der Waals surface area contributed by atoms with Gasteiger partial charge in [0.15, 0.2) is 0 Å². The van der Waals surface area contributed by atoms with Crippen LogP contribution in [0.2, 0.25) is 6.82 Å². The van der Waals surface area contributed by atoms with E-state index in [4.69, 9.17) is 15.2 Å². The molecule has 0 unspecified atom stereocenters. The van der Waals surface area contributed by atoms with Crippen molar-refractivity contribution in [3.05, 3.63) is 72.8 Å². The van der Waals surface area contributed by atoms with Crippen LogP contribution in [-0.2, 0) is 0 Å². The molecule has 3 aromatic rings. The highest BCUT2D eigenvalue weighted by Crippen LogP contribution is 2.29. The van der Waals surface area contributed by atoms with Crippen LogP contribution in [0.15, 0.2) is 72.8 Å². The van der Waals surface area contributed by atoms with E-state index in [0.29, 0.717) is 22.9 Å². The Labute approximate surface area is 148 Å². The lowest BCUT2D eigenvalue weighted by Crippen LogP contribution is -2.05. The Balaban J connectivity index is 1.71. The number of benzene rings is 3. The summed E-state index contributed by atoms with van der Waals surface area (Å²) in [6, 6.07) is 22.8. The van der Waals surface area contributed by atoms with Crippen molar-refractivity contribution >= 4 is 18.7 Å². The van der Waals surface area contributed by atoms with Crippen LogP contribution in [0, 0.1) is 0 Å². The zero-order valence-electron chi connectivity index (χ0n) is 14.2. The van der Waals surface area contributed by atoms with Crippen molar-refractivity contribution in [3.8, 4) is 23.0 Å². The monoisotopic (exact) mass is 332 g/mol. The highest BCUT2D eigenvalue weighted by molar-refractivity contribution is 6.34. The molecule has 0 radical (unpaired) electrons. The van der Waals surface area contributed by atoms with E-state index in [-0.39, 0.29) is 0 Å². The summed E-state index contributed by atoms with van der Waals surface area (Å²) in [6.45, 7) is 2.14. The molecule has 0 aliphatic carbocycles. The first-order valence-corrected chi connectivity index (χ1v) is 8.38. The van der Waals surface area contributed by atoms with Crippen LogP contribution in [0.1, 0.15) is 0 Å². The summed E-state index contributed by atoms with van der Waals surface area (Å²) >= 11 is 0. The molecule has 3 rings (SSSR count). The SMILES string of the molecule is CBCNc1cccc(Oc2cccc(Oc3cccc(N)c3)c2)c1. The summed E-state index contributed by atoms with van der Waals surface area (Å²) in [6.07, 6.45) is 0.937. The van der Waals surface area contributed by atoms with Gasteiger partial charge in [-0.2, -0.15) is 0 Å². The summed E-state index contributed by atoms with van der Waals surface area (Å²) < 4.78 is 11.8. The Bertz CT molecular complexity index is 839. The number of nitrogens with one attached hydrogen (secondary N) is 1. The fraction of sp³-hybridized carbons (Fsp3) is 0.100. The molecule has 25 heavy (non-hydrogen) atoms. The van der Waals surface area contributed by atoms with Gasteiger partial charge in [0.25, 0.3) is 0 Å². The number of ether oxygens (including phenoxy) is 2. The predicted octanol–water partition coefficient (Wildman–Crippen LogP) is 4.71. The van der Waals surface area contributed by atoms with Gasteiger partial charge in [0, 0.05) is 29.6 Å². The Morgan fingerprint density at radius 1 is 0.800 bits per heavy atom. The van der Waals surface area contributed by atoms with E-state index in [1.54, 1.807) is 6.07 Å². The van der Waals surface area contributed by atoms with Crippen molar-refractivity contribution in [2.24, 2.45) is 0 Å². The summed E-state index contributed by atoms with van der Waals surface area (Å²) in [5.41, 5.74) is 7.50. The van der Waals surface area contributed by atoms with Gasteiger partial charge in [-0.3, -0.25) is 0 Å². The fourth-order valence-electron chi connectivity index (χ4n) is 2.39. The van der Waals surface area contributed by atoms with Crippen molar-refractivity contribution in [3.63, 3.8) is 0 Å². The van der Waals surface area contributed by atoms with Crippen molar-refractivity contribution in [2.75, 3.05) is 17.5 Å². The molecule has 0 aliphatic rings. The van der Waals surface area contributed by atoms with Gasteiger partial charge in [0.2, 0.25) is 0 Å². The van der Waals surface area contributed by atoms with Crippen LogP contribution in [0.3, 0.4) is 0 Å². The van der Waals surface area contributed by atoms with Gasteiger partial charge in [-0.1, -0.05) is 25.0 Å². The molecule has 0 bridgehead atoms.